The van der Waals surface area contributed by atoms with Crippen molar-refractivity contribution in [3.05, 3.63) is 28.3 Å². The molecule has 1 aromatic rings. The number of hydrogen-bond donors (Lipinski definition) is 2. The van der Waals surface area contributed by atoms with Gasteiger partial charge in [0.05, 0.1) is 13.7 Å². The van der Waals surface area contributed by atoms with E-state index in [2.05, 4.69) is 0 Å². The monoisotopic (exact) mass is 257 g/mol. The first-order valence-electron chi connectivity index (χ1n) is 5.25. The van der Waals surface area contributed by atoms with E-state index in [0.29, 0.717) is 28.5 Å². The van der Waals surface area contributed by atoms with E-state index in [1.165, 1.54) is 7.11 Å². The van der Waals surface area contributed by atoms with Gasteiger partial charge in [0.15, 0.2) is 6.10 Å². The number of aliphatic hydroxyl groups is 1. The van der Waals surface area contributed by atoms with Gasteiger partial charge in [0, 0.05) is 10.6 Å². The first kappa shape index (κ1) is 13.8. The van der Waals surface area contributed by atoms with Crippen molar-refractivity contribution in [2.45, 2.75) is 20.0 Å². The number of benzene rings is 1. The van der Waals surface area contributed by atoms with Gasteiger partial charge in [0.25, 0.3) is 0 Å². The van der Waals surface area contributed by atoms with Gasteiger partial charge in [-0.05, 0) is 31.5 Å². The van der Waals surface area contributed by atoms with Crippen molar-refractivity contribution in [2.75, 3.05) is 13.7 Å². The van der Waals surface area contributed by atoms with Gasteiger partial charge >= 0.3 is 0 Å². The van der Waals surface area contributed by atoms with Crippen LogP contribution in [0.3, 0.4) is 0 Å². The van der Waals surface area contributed by atoms with Crippen LogP contribution in [0.1, 0.15) is 24.2 Å². The van der Waals surface area contributed by atoms with Gasteiger partial charge in [0.1, 0.15) is 5.75 Å². The average Bonchev–Trinajstić information content (AvgIpc) is 2.32. The molecule has 0 saturated heterocycles. The minimum absolute atomic E-state index is 0.212. The number of rotatable bonds is 4. The van der Waals surface area contributed by atoms with Crippen LogP contribution >= 0.6 is 11.6 Å². The molecule has 0 heterocycles. The molecule has 1 atom stereocenters. The van der Waals surface area contributed by atoms with Gasteiger partial charge in [-0.25, -0.2) is 0 Å². The summed E-state index contributed by atoms with van der Waals surface area (Å²) in [6.07, 6.45) is -1.16. The van der Waals surface area contributed by atoms with Crippen molar-refractivity contribution in [3.8, 4) is 5.75 Å². The number of methoxy groups -OCH3 is 1. The van der Waals surface area contributed by atoms with Crippen molar-refractivity contribution in [1.82, 2.24) is 0 Å². The van der Waals surface area contributed by atoms with Gasteiger partial charge in [0.2, 0.25) is 5.90 Å². The zero-order valence-corrected chi connectivity index (χ0v) is 10.8. The summed E-state index contributed by atoms with van der Waals surface area (Å²) in [7, 11) is 1.50. The second-order valence-electron chi connectivity index (χ2n) is 3.49. The minimum atomic E-state index is -1.16. The van der Waals surface area contributed by atoms with Crippen molar-refractivity contribution in [2.24, 2.45) is 0 Å². The normalized spacial score (nSPS) is 12.1. The molecule has 17 heavy (non-hydrogen) atoms. The van der Waals surface area contributed by atoms with E-state index in [-0.39, 0.29) is 5.90 Å². The van der Waals surface area contributed by atoms with Crippen LogP contribution in [0.5, 0.6) is 5.75 Å². The first-order chi connectivity index (χ1) is 8.02. The van der Waals surface area contributed by atoms with Crippen molar-refractivity contribution in [3.63, 3.8) is 0 Å². The van der Waals surface area contributed by atoms with Crippen LogP contribution in [-0.4, -0.2) is 24.7 Å². The Balaban J connectivity index is 3.19. The molecule has 1 aromatic carbocycles. The fourth-order valence-corrected chi connectivity index (χ4v) is 1.73. The minimum Gasteiger partial charge on any atom is -0.496 e. The van der Waals surface area contributed by atoms with Gasteiger partial charge in [-0.15, -0.1) is 0 Å². The molecule has 94 valence electrons. The Kier molecular flexibility index (Phi) is 4.78. The summed E-state index contributed by atoms with van der Waals surface area (Å²) in [4.78, 5) is 0. The molecular formula is C12H16ClNO3. The molecule has 0 radical (unpaired) electrons. The van der Waals surface area contributed by atoms with E-state index >= 15 is 0 Å². The lowest BCUT2D eigenvalue weighted by Gasteiger charge is -2.18. The summed E-state index contributed by atoms with van der Waals surface area (Å²) in [5.74, 6) is 0.278. The Morgan fingerprint density at radius 2 is 2.18 bits per heavy atom. The molecule has 0 bridgehead atoms. The number of halogens is 1. The molecule has 0 aliphatic rings. The van der Waals surface area contributed by atoms with Crippen molar-refractivity contribution in [1.29, 1.82) is 5.41 Å². The zero-order valence-electron chi connectivity index (χ0n) is 10.1. The molecule has 4 nitrogen and oxygen atoms in total. The molecule has 0 fully saturated rings. The largest absolute Gasteiger partial charge is 0.496 e. The Bertz CT molecular complexity index is 420. The lowest BCUT2D eigenvalue weighted by Crippen LogP contribution is -2.16. The highest BCUT2D eigenvalue weighted by Crippen LogP contribution is 2.33. The molecule has 1 unspecified atom stereocenters. The highest BCUT2D eigenvalue weighted by Gasteiger charge is 2.22. The predicted molar refractivity (Wildman–Crippen MR) is 67.1 cm³/mol. The van der Waals surface area contributed by atoms with Crippen molar-refractivity contribution >= 4 is 17.5 Å². The quantitative estimate of drug-likeness (QED) is 0.644. The Labute approximate surface area is 106 Å². The average molecular weight is 258 g/mol. The van der Waals surface area contributed by atoms with Gasteiger partial charge in [-0.2, -0.15) is 0 Å². The van der Waals surface area contributed by atoms with E-state index in [9.17, 15) is 5.11 Å². The number of hydrogen-bond acceptors (Lipinski definition) is 4. The molecule has 0 saturated carbocycles. The zero-order chi connectivity index (χ0) is 13.0. The highest BCUT2D eigenvalue weighted by molar-refractivity contribution is 6.31. The maximum atomic E-state index is 10.0. The van der Waals surface area contributed by atoms with Crippen molar-refractivity contribution < 1.29 is 14.6 Å². The summed E-state index contributed by atoms with van der Waals surface area (Å²) >= 11 is 5.99. The molecule has 0 spiro atoms. The molecule has 0 aliphatic heterocycles. The first-order valence-corrected chi connectivity index (χ1v) is 5.63. The van der Waals surface area contributed by atoms with Crippen LogP contribution in [0.25, 0.3) is 0 Å². The van der Waals surface area contributed by atoms with Crippen LogP contribution in [0.2, 0.25) is 5.02 Å². The molecular weight excluding hydrogens is 242 g/mol. The number of aliphatic hydroxyl groups excluding tert-OH is 1. The second kappa shape index (κ2) is 5.89. The highest BCUT2D eigenvalue weighted by atomic mass is 35.5. The smallest absolute Gasteiger partial charge is 0.215 e. The molecule has 2 N–H and O–H groups in total. The van der Waals surface area contributed by atoms with E-state index in [1.807, 2.05) is 0 Å². The van der Waals surface area contributed by atoms with E-state index in [4.69, 9.17) is 26.5 Å². The van der Waals surface area contributed by atoms with Gasteiger partial charge in [-0.3, -0.25) is 5.41 Å². The Morgan fingerprint density at radius 3 is 2.71 bits per heavy atom. The van der Waals surface area contributed by atoms with E-state index < -0.39 is 6.10 Å². The fraction of sp³-hybridized carbons (Fsp3) is 0.417. The lowest BCUT2D eigenvalue weighted by atomic mass is 10.0. The molecule has 0 aromatic heterocycles. The van der Waals surface area contributed by atoms with Gasteiger partial charge in [-0.1, -0.05) is 11.6 Å². The topological polar surface area (TPSA) is 62.5 Å². The SMILES string of the molecule is CCOC(=N)C(O)c1c(OC)ccc(Cl)c1C. The maximum Gasteiger partial charge on any atom is 0.215 e. The van der Waals surface area contributed by atoms with Crippen LogP contribution in [0.4, 0.5) is 0 Å². The fourth-order valence-electron chi connectivity index (χ4n) is 1.56. The molecule has 0 amide bonds. The summed E-state index contributed by atoms with van der Waals surface area (Å²) in [6, 6.07) is 3.35. The van der Waals surface area contributed by atoms with E-state index in [1.54, 1.807) is 26.0 Å². The Hall–Kier alpha value is -1.26. The second-order valence-corrected chi connectivity index (χ2v) is 3.90. The van der Waals surface area contributed by atoms with Crippen LogP contribution in [0, 0.1) is 12.3 Å². The molecule has 0 aliphatic carbocycles. The molecule has 5 heteroatoms. The van der Waals surface area contributed by atoms with E-state index in [0.717, 1.165) is 0 Å². The summed E-state index contributed by atoms with van der Waals surface area (Å²) in [5.41, 5.74) is 1.15. The third-order valence-electron chi connectivity index (χ3n) is 2.45. The van der Waals surface area contributed by atoms with Gasteiger partial charge < -0.3 is 14.6 Å². The summed E-state index contributed by atoms with van der Waals surface area (Å²) in [6.45, 7) is 3.85. The number of nitrogens with one attached hydrogen (secondary N) is 1. The Morgan fingerprint density at radius 1 is 1.53 bits per heavy atom. The summed E-state index contributed by atoms with van der Waals surface area (Å²) < 4.78 is 10.1. The third-order valence-corrected chi connectivity index (χ3v) is 2.86. The number of ether oxygens (including phenoxy) is 2. The molecule has 1 rings (SSSR count). The lowest BCUT2D eigenvalue weighted by molar-refractivity contribution is 0.186. The maximum absolute atomic E-state index is 10.0. The standard InChI is InChI=1S/C12H16ClNO3/c1-4-17-12(14)11(15)10-7(2)8(13)5-6-9(10)16-3/h5-6,11,14-15H,4H2,1-3H3. The van der Waals surface area contributed by atoms with Crippen LogP contribution in [0.15, 0.2) is 12.1 Å². The summed E-state index contributed by atoms with van der Waals surface area (Å²) in [5, 5.41) is 18.2. The van der Waals surface area contributed by atoms with Crippen LogP contribution < -0.4 is 4.74 Å². The van der Waals surface area contributed by atoms with Crippen LogP contribution in [-0.2, 0) is 4.74 Å². The third kappa shape index (κ3) is 2.90. The predicted octanol–water partition coefficient (Wildman–Crippen LogP) is 2.70.